The predicted octanol–water partition coefficient (Wildman–Crippen LogP) is 2.36. The van der Waals surface area contributed by atoms with E-state index >= 15 is 0 Å². The highest BCUT2D eigenvalue weighted by atomic mass is 15.2. The molecule has 1 aliphatic rings. The van der Waals surface area contributed by atoms with E-state index in [1.807, 2.05) is 19.9 Å². The van der Waals surface area contributed by atoms with Crippen molar-refractivity contribution < 1.29 is 0 Å². The molecule has 0 spiro atoms. The fraction of sp³-hybridized carbons (Fsp3) is 0.571. The van der Waals surface area contributed by atoms with Crippen molar-refractivity contribution in [3.63, 3.8) is 0 Å². The third kappa shape index (κ3) is 2.33. The van der Waals surface area contributed by atoms with Gasteiger partial charge in [-0.25, -0.2) is 4.98 Å². The van der Waals surface area contributed by atoms with Gasteiger partial charge in [0, 0.05) is 18.3 Å². The van der Waals surface area contributed by atoms with Gasteiger partial charge in [-0.05, 0) is 51.7 Å². The van der Waals surface area contributed by atoms with Gasteiger partial charge in [0.05, 0.1) is 5.56 Å². The SMILES string of the molecule is Cc1cc(C)c(C(=N)N)c(N2CCCCC2C)n1. The number of nitrogen functional groups attached to an aromatic ring is 1. The molecule has 0 aromatic carbocycles. The second-order valence-electron chi connectivity index (χ2n) is 5.23. The summed E-state index contributed by atoms with van der Waals surface area (Å²) in [6.45, 7) is 7.23. The number of nitrogens with two attached hydrogens (primary N) is 1. The van der Waals surface area contributed by atoms with Gasteiger partial charge in [-0.15, -0.1) is 0 Å². The third-order valence-corrected chi connectivity index (χ3v) is 3.67. The maximum atomic E-state index is 7.78. The Hall–Kier alpha value is -1.58. The molecule has 4 nitrogen and oxygen atoms in total. The molecule has 0 aliphatic carbocycles. The van der Waals surface area contributed by atoms with Crippen molar-refractivity contribution in [1.82, 2.24) is 4.98 Å². The van der Waals surface area contributed by atoms with Crippen LogP contribution < -0.4 is 10.6 Å². The summed E-state index contributed by atoms with van der Waals surface area (Å²) in [6, 6.07) is 2.47. The molecule has 0 amide bonds. The lowest BCUT2D eigenvalue weighted by atomic mass is 10.0. The first-order valence-electron chi connectivity index (χ1n) is 6.60. The van der Waals surface area contributed by atoms with Crippen molar-refractivity contribution in [1.29, 1.82) is 5.41 Å². The first kappa shape index (κ1) is 12.9. The van der Waals surface area contributed by atoms with Gasteiger partial charge in [-0.3, -0.25) is 5.41 Å². The molecule has 18 heavy (non-hydrogen) atoms. The number of rotatable bonds is 2. The van der Waals surface area contributed by atoms with Crippen molar-refractivity contribution in [2.24, 2.45) is 5.73 Å². The molecule has 1 saturated heterocycles. The molecule has 0 saturated carbocycles. The zero-order chi connectivity index (χ0) is 13.3. The molecule has 1 atom stereocenters. The van der Waals surface area contributed by atoms with Crippen LogP contribution in [0.4, 0.5) is 5.82 Å². The number of aromatic nitrogens is 1. The largest absolute Gasteiger partial charge is 0.384 e. The zero-order valence-corrected chi connectivity index (χ0v) is 11.5. The lowest BCUT2D eigenvalue weighted by Gasteiger charge is -2.36. The van der Waals surface area contributed by atoms with E-state index in [1.54, 1.807) is 0 Å². The summed E-state index contributed by atoms with van der Waals surface area (Å²) in [5.74, 6) is 1.01. The molecule has 1 aromatic heterocycles. The maximum Gasteiger partial charge on any atom is 0.140 e. The van der Waals surface area contributed by atoms with Crippen LogP contribution in [0.5, 0.6) is 0 Å². The minimum absolute atomic E-state index is 0.118. The van der Waals surface area contributed by atoms with E-state index in [9.17, 15) is 0 Å². The van der Waals surface area contributed by atoms with E-state index in [1.165, 1.54) is 19.3 Å². The normalized spacial score (nSPS) is 19.9. The summed E-state index contributed by atoms with van der Waals surface area (Å²) in [6.07, 6.45) is 3.65. The number of amidine groups is 1. The number of aryl methyl sites for hydroxylation is 2. The lowest BCUT2D eigenvalue weighted by Crippen LogP contribution is -2.39. The van der Waals surface area contributed by atoms with Crippen LogP contribution in [0.15, 0.2) is 6.07 Å². The van der Waals surface area contributed by atoms with Gasteiger partial charge in [-0.2, -0.15) is 0 Å². The van der Waals surface area contributed by atoms with E-state index in [0.29, 0.717) is 6.04 Å². The minimum atomic E-state index is 0.118. The van der Waals surface area contributed by atoms with Crippen LogP contribution in [-0.2, 0) is 0 Å². The number of piperidine rings is 1. The summed E-state index contributed by atoms with van der Waals surface area (Å²) in [5, 5.41) is 7.78. The second-order valence-corrected chi connectivity index (χ2v) is 5.23. The van der Waals surface area contributed by atoms with Crippen LogP contribution in [0.1, 0.15) is 43.0 Å². The molecule has 1 unspecified atom stereocenters. The fourth-order valence-corrected chi connectivity index (χ4v) is 2.77. The topological polar surface area (TPSA) is 66.0 Å². The molecule has 4 heteroatoms. The summed E-state index contributed by atoms with van der Waals surface area (Å²) in [7, 11) is 0. The molecule has 2 heterocycles. The third-order valence-electron chi connectivity index (χ3n) is 3.67. The Morgan fingerprint density at radius 2 is 2.17 bits per heavy atom. The first-order chi connectivity index (χ1) is 8.50. The first-order valence-corrected chi connectivity index (χ1v) is 6.60. The number of hydrogen-bond donors (Lipinski definition) is 2. The Morgan fingerprint density at radius 1 is 1.44 bits per heavy atom. The maximum absolute atomic E-state index is 7.78. The average Bonchev–Trinajstić information content (AvgIpc) is 2.27. The van der Waals surface area contributed by atoms with E-state index in [2.05, 4.69) is 16.8 Å². The highest BCUT2D eigenvalue weighted by Gasteiger charge is 2.24. The van der Waals surface area contributed by atoms with Crippen LogP contribution in [-0.4, -0.2) is 23.4 Å². The average molecular weight is 246 g/mol. The fourth-order valence-electron chi connectivity index (χ4n) is 2.77. The van der Waals surface area contributed by atoms with Crippen LogP contribution in [0, 0.1) is 19.3 Å². The molecule has 3 N–H and O–H groups in total. The molecule has 0 radical (unpaired) electrons. The van der Waals surface area contributed by atoms with E-state index < -0.39 is 0 Å². The molecular weight excluding hydrogens is 224 g/mol. The molecule has 1 aromatic rings. The number of anilines is 1. The van der Waals surface area contributed by atoms with Gasteiger partial charge in [0.25, 0.3) is 0 Å². The summed E-state index contributed by atoms with van der Waals surface area (Å²) in [4.78, 5) is 6.94. The van der Waals surface area contributed by atoms with E-state index in [0.717, 1.165) is 29.2 Å². The Morgan fingerprint density at radius 3 is 2.78 bits per heavy atom. The van der Waals surface area contributed by atoms with Crippen molar-refractivity contribution in [2.45, 2.75) is 46.1 Å². The summed E-state index contributed by atoms with van der Waals surface area (Å²) in [5.41, 5.74) is 8.57. The van der Waals surface area contributed by atoms with E-state index in [-0.39, 0.29) is 5.84 Å². The Bertz CT molecular complexity index is 467. The second kappa shape index (κ2) is 4.96. The zero-order valence-electron chi connectivity index (χ0n) is 11.5. The van der Waals surface area contributed by atoms with E-state index in [4.69, 9.17) is 11.1 Å². The molecule has 1 fully saturated rings. The Labute approximate surface area is 109 Å². The lowest BCUT2D eigenvalue weighted by molar-refractivity contribution is 0.480. The van der Waals surface area contributed by atoms with Crippen LogP contribution >= 0.6 is 0 Å². The van der Waals surface area contributed by atoms with Crippen LogP contribution in [0.25, 0.3) is 0 Å². The molecule has 1 aliphatic heterocycles. The number of pyridine rings is 1. The van der Waals surface area contributed by atoms with Gasteiger partial charge in [-0.1, -0.05) is 0 Å². The molecule has 2 rings (SSSR count). The Kier molecular flexibility index (Phi) is 3.55. The van der Waals surface area contributed by atoms with Gasteiger partial charge in [0.15, 0.2) is 0 Å². The molecular formula is C14H22N4. The number of hydrogen-bond acceptors (Lipinski definition) is 3. The Balaban J connectivity index is 2.50. The summed E-state index contributed by atoms with van der Waals surface area (Å²) < 4.78 is 0. The highest BCUT2D eigenvalue weighted by Crippen LogP contribution is 2.28. The van der Waals surface area contributed by atoms with Crippen molar-refractivity contribution in [2.75, 3.05) is 11.4 Å². The molecule has 98 valence electrons. The van der Waals surface area contributed by atoms with Gasteiger partial charge >= 0.3 is 0 Å². The van der Waals surface area contributed by atoms with Crippen molar-refractivity contribution >= 4 is 11.7 Å². The number of nitrogens with zero attached hydrogens (tertiary/aromatic N) is 2. The van der Waals surface area contributed by atoms with Gasteiger partial charge < -0.3 is 10.6 Å². The summed E-state index contributed by atoms with van der Waals surface area (Å²) >= 11 is 0. The van der Waals surface area contributed by atoms with Crippen LogP contribution in [0.3, 0.4) is 0 Å². The quantitative estimate of drug-likeness (QED) is 0.622. The van der Waals surface area contributed by atoms with Crippen LogP contribution in [0.2, 0.25) is 0 Å². The smallest absolute Gasteiger partial charge is 0.140 e. The monoisotopic (exact) mass is 246 g/mol. The minimum Gasteiger partial charge on any atom is -0.384 e. The van der Waals surface area contributed by atoms with Crippen molar-refractivity contribution in [3.05, 3.63) is 22.9 Å². The number of nitrogens with one attached hydrogen (secondary N) is 1. The standard InChI is InChI=1S/C14H22N4/c1-9-8-10(2)17-14(12(9)13(15)16)18-7-5-4-6-11(18)3/h8,11H,4-7H2,1-3H3,(H3,15,16). The molecule has 0 bridgehead atoms. The van der Waals surface area contributed by atoms with Gasteiger partial charge in [0.2, 0.25) is 0 Å². The predicted molar refractivity (Wildman–Crippen MR) is 75.4 cm³/mol. The van der Waals surface area contributed by atoms with Gasteiger partial charge in [0.1, 0.15) is 11.7 Å². The highest BCUT2D eigenvalue weighted by molar-refractivity contribution is 6.01. The van der Waals surface area contributed by atoms with Crippen molar-refractivity contribution in [3.8, 4) is 0 Å².